The molecular formula is C12H15Cl2NS. The molecule has 0 saturated carbocycles. The number of hydrogen-bond donors (Lipinski definition) is 1. The summed E-state index contributed by atoms with van der Waals surface area (Å²) < 4.78 is 0. The second kappa shape index (κ2) is 5.18. The van der Waals surface area contributed by atoms with Gasteiger partial charge in [-0.15, -0.1) is 0 Å². The average Bonchev–Trinajstić information content (AvgIpc) is 2.27. The van der Waals surface area contributed by atoms with Crippen LogP contribution in [0, 0.1) is 0 Å². The molecule has 0 saturated heterocycles. The van der Waals surface area contributed by atoms with Crippen LogP contribution in [0.15, 0.2) is 12.1 Å². The Hall–Kier alpha value is 0.110. The van der Waals surface area contributed by atoms with Crippen molar-refractivity contribution in [3.63, 3.8) is 0 Å². The predicted octanol–water partition coefficient (Wildman–Crippen LogP) is 4.28. The Bertz CT molecular complexity index is 395. The highest BCUT2D eigenvalue weighted by atomic mass is 35.5. The first-order chi connectivity index (χ1) is 7.67. The van der Waals surface area contributed by atoms with Gasteiger partial charge in [-0.3, -0.25) is 0 Å². The van der Waals surface area contributed by atoms with Crippen molar-refractivity contribution in [2.75, 3.05) is 7.05 Å². The van der Waals surface area contributed by atoms with Crippen LogP contribution in [0.4, 0.5) is 0 Å². The number of rotatable bonds is 2. The number of benzene rings is 1. The smallest absolute Gasteiger partial charge is 0.0464 e. The van der Waals surface area contributed by atoms with Crippen LogP contribution in [0.1, 0.15) is 30.5 Å². The Kier molecular flexibility index (Phi) is 4.06. The molecule has 2 rings (SSSR count). The van der Waals surface area contributed by atoms with Crippen molar-refractivity contribution >= 4 is 35.0 Å². The third-order valence-corrected chi connectivity index (χ3v) is 5.10. The van der Waals surface area contributed by atoms with Crippen LogP contribution in [0.3, 0.4) is 0 Å². The maximum absolute atomic E-state index is 6.24. The lowest BCUT2D eigenvalue weighted by Crippen LogP contribution is -2.30. The first-order valence-corrected chi connectivity index (χ1v) is 7.24. The van der Waals surface area contributed by atoms with E-state index in [4.69, 9.17) is 23.2 Å². The molecule has 0 bridgehead atoms. The summed E-state index contributed by atoms with van der Waals surface area (Å²) in [6.07, 6.45) is 1.15. The molecule has 0 aromatic heterocycles. The molecule has 1 aliphatic heterocycles. The molecule has 1 aromatic rings. The van der Waals surface area contributed by atoms with Crippen LogP contribution in [0.2, 0.25) is 10.0 Å². The van der Waals surface area contributed by atoms with Gasteiger partial charge in [-0.2, -0.15) is 11.8 Å². The predicted molar refractivity (Wildman–Crippen MR) is 73.6 cm³/mol. The lowest BCUT2D eigenvalue weighted by atomic mass is 9.96. The van der Waals surface area contributed by atoms with Crippen LogP contribution in [-0.4, -0.2) is 12.3 Å². The van der Waals surface area contributed by atoms with E-state index in [0.29, 0.717) is 11.3 Å². The Balaban J connectivity index is 2.47. The van der Waals surface area contributed by atoms with E-state index in [1.807, 2.05) is 30.9 Å². The number of thioether (sulfide) groups is 1. The molecule has 0 fully saturated rings. The van der Waals surface area contributed by atoms with Gasteiger partial charge in [0.05, 0.1) is 0 Å². The fourth-order valence-corrected chi connectivity index (χ4v) is 4.30. The van der Waals surface area contributed by atoms with Crippen LogP contribution >= 0.6 is 35.0 Å². The Morgan fingerprint density at radius 1 is 1.44 bits per heavy atom. The molecule has 1 aromatic carbocycles. The molecule has 2 unspecified atom stereocenters. The molecule has 4 heteroatoms. The molecule has 2 atom stereocenters. The van der Waals surface area contributed by atoms with Crippen LogP contribution in [0.5, 0.6) is 0 Å². The monoisotopic (exact) mass is 275 g/mol. The van der Waals surface area contributed by atoms with Crippen molar-refractivity contribution in [3.05, 3.63) is 33.3 Å². The highest BCUT2D eigenvalue weighted by Crippen LogP contribution is 2.42. The molecule has 1 aliphatic rings. The van der Waals surface area contributed by atoms with Crippen LogP contribution < -0.4 is 5.32 Å². The van der Waals surface area contributed by atoms with E-state index in [9.17, 15) is 0 Å². The number of hydrogen-bond acceptors (Lipinski definition) is 2. The van der Waals surface area contributed by atoms with Crippen molar-refractivity contribution in [3.8, 4) is 0 Å². The molecule has 0 aliphatic carbocycles. The van der Waals surface area contributed by atoms with Gasteiger partial charge >= 0.3 is 0 Å². The molecule has 88 valence electrons. The highest BCUT2D eigenvalue weighted by molar-refractivity contribution is 7.99. The lowest BCUT2D eigenvalue weighted by Gasteiger charge is -2.33. The summed E-state index contributed by atoms with van der Waals surface area (Å²) in [6.45, 7) is 2.22. The van der Waals surface area contributed by atoms with Gasteiger partial charge in [0.15, 0.2) is 0 Å². The SMILES string of the molecule is CCC1SCc2c(Cl)cc(Cl)cc2C1NC. The highest BCUT2D eigenvalue weighted by Gasteiger charge is 2.29. The lowest BCUT2D eigenvalue weighted by molar-refractivity contribution is 0.546. The third kappa shape index (κ3) is 2.21. The van der Waals surface area contributed by atoms with Gasteiger partial charge in [0, 0.05) is 27.1 Å². The van der Waals surface area contributed by atoms with E-state index in [2.05, 4.69) is 12.2 Å². The van der Waals surface area contributed by atoms with E-state index >= 15 is 0 Å². The second-order valence-corrected chi connectivity index (χ2v) is 6.05. The molecule has 1 heterocycles. The van der Waals surface area contributed by atoms with Crippen molar-refractivity contribution in [1.82, 2.24) is 5.32 Å². The maximum Gasteiger partial charge on any atom is 0.0464 e. The summed E-state index contributed by atoms with van der Waals surface area (Å²) in [5.41, 5.74) is 2.51. The fraction of sp³-hybridized carbons (Fsp3) is 0.500. The molecule has 16 heavy (non-hydrogen) atoms. The molecule has 0 radical (unpaired) electrons. The van der Waals surface area contributed by atoms with Crippen molar-refractivity contribution < 1.29 is 0 Å². The number of halogens is 2. The molecule has 0 amide bonds. The quantitative estimate of drug-likeness (QED) is 0.865. The summed E-state index contributed by atoms with van der Waals surface area (Å²) in [6, 6.07) is 4.24. The van der Waals surface area contributed by atoms with Gasteiger partial charge in [0.2, 0.25) is 0 Å². The summed E-state index contributed by atoms with van der Waals surface area (Å²) in [5.74, 6) is 0.988. The summed E-state index contributed by atoms with van der Waals surface area (Å²) in [4.78, 5) is 0. The first kappa shape index (κ1) is 12.6. The van der Waals surface area contributed by atoms with E-state index in [0.717, 1.165) is 22.2 Å². The van der Waals surface area contributed by atoms with E-state index < -0.39 is 0 Å². The molecule has 0 spiro atoms. The van der Waals surface area contributed by atoms with Gasteiger partial charge in [0.1, 0.15) is 0 Å². The van der Waals surface area contributed by atoms with Gasteiger partial charge in [-0.1, -0.05) is 30.1 Å². The van der Waals surface area contributed by atoms with Gasteiger partial charge in [-0.05, 0) is 36.7 Å². The van der Waals surface area contributed by atoms with Gasteiger partial charge in [0.25, 0.3) is 0 Å². The molecule has 1 nitrogen and oxygen atoms in total. The zero-order valence-electron chi connectivity index (χ0n) is 9.39. The standard InChI is InChI=1S/C12H15Cl2NS/c1-3-11-12(15-2)8-4-7(13)5-10(14)9(8)6-16-11/h4-5,11-12,15H,3,6H2,1-2H3. The largest absolute Gasteiger partial charge is 0.312 e. The minimum Gasteiger partial charge on any atom is -0.312 e. The summed E-state index contributed by atoms with van der Waals surface area (Å²) in [5, 5.41) is 5.50. The zero-order chi connectivity index (χ0) is 11.7. The van der Waals surface area contributed by atoms with Crippen LogP contribution in [0.25, 0.3) is 0 Å². The van der Waals surface area contributed by atoms with Crippen LogP contribution in [-0.2, 0) is 5.75 Å². The molecular weight excluding hydrogens is 261 g/mol. The summed E-state index contributed by atoms with van der Waals surface area (Å²) in [7, 11) is 2.00. The second-order valence-electron chi connectivity index (χ2n) is 3.98. The Labute approximate surface area is 111 Å². The average molecular weight is 276 g/mol. The fourth-order valence-electron chi connectivity index (χ4n) is 2.23. The topological polar surface area (TPSA) is 12.0 Å². The van der Waals surface area contributed by atoms with Crippen molar-refractivity contribution in [2.24, 2.45) is 0 Å². The normalized spacial score (nSPS) is 24.2. The van der Waals surface area contributed by atoms with E-state index in [1.165, 1.54) is 11.1 Å². The zero-order valence-corrected chi connectivity index (χ0v) is 11.7. The summed E-state index contributed by atoms with van der Waals surface area (Å²) >= 11 is 14.3. The minimum atomic E-state index is 0.356. The third-order valence-electron chi connectivity index (χ3n) is 3.06. The van der Waals surface area contributed by atoms with Crippen molar-refractivity contribution in [2.45, 2.75) is 30.4 Å². The van der Waals surface area contributed by atoms with E-state index in [1.54, 1.807) is 0 Å². The van der Waals surface area contributed by atoms with Gasteiger partial charge < -0.3 is 5.32 Å². The maximum atomic E-state index is 6.24. The minimum absolute atomic E-state index is 0.356. The molecule has 1 N–H and O–H groups in total. The van der Waals surface area contributed by atoms with Gasteiger partial charge in [-0.25, -0.2) is 0 Å². The van der Waals surface area contributed by atoms with E-state index in [-0.39, 0.29) is 0 Å². The number of fused-ring (bicyclic) bond motifs is 1. The number of nitrogens with one attached hydrogen (secondary N) is 1. The van der Waals surface area contributed by atoms with Crippen molar-refractivity contribution in [1.29, 1.82) is 0 Å². The Morgan fingerprint density at radius 2 is 2.19 bits per heavy atom. The first-order valence-electron chi connectivity index (χ1n) is 5.44. The Morgan fingerprint density at radius 3 is 2.81 bits per heavy atom.